The number of hydrogen-bond donors (Lipinski definition) is 1. The highest BCUT2D eigenvalue weighted by molar-refractivity contribution is 9.10. The quantitative estimate of drug-likeness (QED) is 0.807. The number of hydrogen-bond acceptors (Lipinski definition) is 1. The van der Waals surface area contributed by atoms with Crippen molar-refractivity contribution in [1.82, 2.24) is 0 Å². The van der Waals surface area contributed by atoms with E-state index in [1.807, 2.05) is 30.3 Å². The Labute approximate surface area is 85.1 Å². The van der Waals surface area contributed by atoms with Gasteiger partial charge in [-0.1, -0.05) is 40.2 Å². The molecule has 2 rings (SSSR count). The van der Waals surface area contributed by atoms with E-state index in [0.29, 0.717) is 0 Å². The smallest absolute Gasteiger partial charge is 0.0693 e. The van der Waals surface area contributed by atoms with Crippen molar-refractivity contribution in [3.8, 4) is 0 Å². The van der Waals surface area contributed by atoms with Gasteiger partial charge in [0.1, 0.15) is 0 Å². The second kappa shape index (κ2) is 3.48. The zero-order valence-corrected chi connectivity index (χ0v) is 8.58. The highest BCUT2D eigenvalue weighted by Gasteiger charge is 2.00. The van der Waals surface area contributed by atoms with Crippen molar-refractivity contribution in [3.05, 3.63) is 46.4 Å². The summed E-state index contributed by atoms with van der Waals surface area (Å²) in [6, 6.07) is 12.1. The molecule has 0 aromatic heterocycles. The molecule has 0 spiro atoms. The van der Waals surface area contributed by atoms with Gasteiger partial charge in [-0.05, 0) is 28.5 Å². The van der Waals surface area contributed by atoms with Crippen molar-refractivity contribution >= 4 is 26.7 Å². The third-order valence-corrected chi connectivity index (χ3v) is 2.82. The molecule has 1 nitrogen and oxygen atoms in total. The zero-order chi connectivity index (χ0) is 9.26. The number of rotatable bonds is 1. The first-order chi connectivity index (χ1) is 6.31. The first-order valence-electron chi connectivity index (χ1n) is 4.09. The lowest BCUT2D eigenvalue weighted by atomic mass is 10.1. The van der Waals surface area contributed by atoms with Crippen LogP contribution in [0.2, 0.25) is 0 Å². The van der Waals surface area contributed by atoms with Gasteiger partial charge in [0.15, 0.2) is 0 Å². The van der Waals surface area contributed by atoms with Crippen LogP contribution in [0.1, 0.15) is 5.56 Å². The minimum Gasteiger partial charge on any atom is -0.392 e. The van der Waals surface area contributed by atoms with Gasteiger partial charge in [0.25, 0.3) is 0 Å². The van der Waals surface area contributed by atoms with Crippen molar-refractivity contribution in [1.29, 1.82) is 0 Å². The van der Waals surface area contributed by atoms with Crippen LogP contribution in [0.4, 0.5) is 0 Å². The summed E-state index contributed by atoms with van der Waals surface area (Å²) in [4.78, 5) is 0. The minimum absolute atomic E-state index is 0.0748. The molecule has 0 heterocycles. The molecule has 0 radical (unpaired) electrons. The van der Waals surface area contributed by atoms with E-state index < -0.39 is 0 Å². The Balaban J connectivity index is 2.74. The average Bonchev–Trinajstić information content (AvgIpc) is 2.17. The summed E-state index contributed by atoms with van der Waals surface area (Å²) in [5, 5.41) is 11.4. The molecule has 0 fully saturated rings. The predicted octanol–water partition coefficient (Wildman–Crippen LogP) is 3.09. The fourth-order valence-electron chi connectivity index (χ4n) is 1.38. The molecule has 0 unspecified atom stereocenters. The molecule has 0 amide bonds. The van der Waals surface area contributed by atoms with E-state index in [4.69, 9.17) is 5.11 Å². The Bertz CT molecular complexity index is 437. The van der Waals surface area contributed by atoms with Crippen LogP contribution in [-0.2, 0) is 6.61 Å². The maximum atomic E-state index is 9.05. The number of aliphatic hydroxyl groups excluding tert-OH is 1. The van der Waals surface area contributed by atoms with Crippen LogP contribution in [0.15, 0.2) is 40.9 Å². The highest BCUT2D eigenvalue weighted by atomic mass is 79.9. The molecule has 2 aromatic carbocycles. The fourth-order valence-corrected chi connectivity index (χ4v) is 1.87. The Morgan fingerprint density at radius 2 is 1.69 bits per heavy atom. The van der Waals surface area contributed by atoms with Crippen LogP contribution in [0.5, 0.6) is 0 Å². The van der Waals surface area contributed by atoms with Crippen molar-refractivity contribution in [2.24, 2.45) is 0 Å². The second-order valence-corrected chi connectivity index (χ2v) is 3.80. The van der Waals surface area contributed by atoms with E-state index in [2.05, 4.69) is 22.0 Å². The van der Waals surface area contributed by atoms with Crippen LogP contribution in [0, 0.1) is 0 Å². The van der Waals surface area contributed by atoms with Crippen LogP contribution >= 0.6 is 15.9 Å². The Morgan fingerprint density at radius 3 is 2.31 bits per heavy atom. The molecule has 0 aliphatic carbocycles. The molecule has 0 atom stereocenters. The van der Waals surface area contributed by atoms with Crippen LogP contribution in [0.3, 0.4) is 0 Å². The lowest BCUT2D eigenvalue weighted by Crippen LogP contribution is -1.85. The molecule has 1 N–H and O–H groups in total. The van der Waals surface area contributed by atoms with Crippen LogP contribution < -0.4 is 0 Å². The van der Waals surface area contributed by atoms with Crippen molar-refractivity contribution in [3.63, 3.8) is 0 Å². The van der Waals surface area contributed by atoms with Gasteiger partial charge >= 0.3 is 0 Å². The maximum Gasteiger partial charge on any atom is 0.0693 e. The van der Waals surface area contributed by atoms with Gasteiger partial charge in [-0.3, -0.25) is 0 Å². The van der Waals surface area contributed by atoms with Gasteiger partial charge in [-0.2, -0.15) is 0 Å². The number of halogens is 1. The number of fused-ring (bicyclic) bond motifs is 1. The summed E-state index contributed by atoms with van der Waals surface area (Å²) >= 11 is 3.42. The standard InChI is InChI=1S/C11H9BrO/c12-11-6-9-4-2-1-3-8(9)5-10(11)7-13/h1-6,13H,7H2. The van der Waals surface area contributed by atoms with E-state index in [0.717, 1.165) is 15.4 Å². The van der Waals surface area contributed by atoms with E-state index in [-0.39, 0.29) is 6.61 Å². The van der Waals surface area contributed by atoms with Gasteiger partial charge < -0.3 is 5.11 Å². The molecule has 0 bridgehead atoms. The third kappa shape index (κ3) is 1.60. The Kier molecular flexibility index (Phi) is 2.34. The predicted molar refractivity (Wildman–Crippen MR) is 57.6 cm³/mol. The van der Waals surface area contributed by atoms with E-state index in [1.54, 1.807) is 0 Å². The second-order valence-electron chi connectivity index (χ2n) is 2.95. The first kappa shape index (κ1) is 8.73. The van der Waals surface area contributed by atoms with Crippen LogP contribution in [0.25, 0.3) is 10.8 Å². The molecular formula is C11H9BrO. The van der Waals surface area contributed by atoms with Gasteiger partial charge in [-0.15, -0.1) is 0 Å². The number of aliphatic hydroxyl groups is 1. The van der Waals surface area contributed by atoms with Crippen LogP contribution in [-0.4, -0.2) is 5.11 Å². The SMILES string of the molecule is OCc1cc2ccccc2cc1Br. The summed E-state index contributed by atoms with van der Waals surface area (Å²) in [5.41, 5.74) is 0.929. The minimum atomic E-state index is 0.0748. The monoisotopic (exact) mass is 236 g/mol. The van der Waals surface area contributed by atoms with Gasteiger partial charge in [0, 0.05) is 4.47 Å². The van der Waals surface area contributed by atoms with Crippen molar-refractivity contribution < 1.29 is 5.11 Å². The summed E-state index contributed by atoms with van der Waals surface area (Å²) in [6.45, 7) is 0.0748. The Morgan fingerprint density at radius 1 is 1.08 bits per heavy atom. The summed E-state index contributed by atoms with van der Waals surface area (Å²) in [7, 11) is 0. The molecule has 2 heteroatoms. The molecular weight excluding hydrogens is 228 g/mol. The maximum absolute atomic E-state index is 9.05. The summed E-state index contributed by atoms with van der Waals surface area (Å²) in [5.74, 6) is 0. The molecule has 0 saturated heterocycles. The van der Waals surface area contributed by atoms with Gasteiger partial charge in [0.2, 0.25) is 0 Å². The molecule has 66 valence electrons. The van der Waals surface area contributed by atoms with Gasteiger partial charge in [-0.25, -0.2) is 0 Å². The van der Waals surface area contributed by atoms with E-state index in [9.17, 15) is 0 Å². The molecule has 13 heavy (non-hydrogen) atoms. The molecule has 2 aromatic rings. The molecule has 0 aliphatic rings. The third-order valence-electron chi connectivity index (χ3n) is 2.09. The largest absolute Gasteiger partial charge is 0.392 e. The Hall–Kier alpha value is -0.860. The normalized spacial score (nSPS) is 10.6. The fraction of sp³-hybridized carbons (Fsp3) is 0.0909. The highest BCUT2D eigenvalue weighted by Crippen LogP contribution is 2.24. The summed E-state index contributed by atoms with van der Waals surface area (Å²) < 4.78 is 0.966. The van der Waals surface area contributed by atoms with Crippen molar-refractivity contribution in [2.75, 3.05) is 0 Å². The van der Waals surface area contributed by atoms with E-state index >= 15 is 0 Å². The molecule has 0 saturated carbocycles. The average molecular weight is 237 g/mol. The topological polar surface area (TPSA) is 20.2 Å². The lowest BCUT2D eigenvalue weighted by molar-refractivity contribution is 0.281. The zero-order valence-electron chi connectivity index (χ0n) is 7.00. The molecule has 0 aliphatic heterocycles. The lowest BCUT2D eigenvalue weighted by Gasteiger charge is -2.03. The van der Waals surface area contributed by atoms with Gasteiger partial charge in [0.05, 0.1) is 6.61 Å². The first-order valence-corrected chi connectivity index (χ1v) is 4.88. The number of benzene rings is 2. The van der Waals surface area contributed by atoms with E-state index in [1.165, 1.54) is 5.39 Å². The summed E-state index contributed by atoms with van der Waals surface area (Å²) in [6.07, 6.45) is 0. The van der Waals surface area contributed by atoms with Crippen molar-refractivity contribution in [2.45, 2.75) is 6.61 Å².